The normalized spacial score (nSPS) is 22.4. The summed E-state index contributed by atoms with van der Waals surface area (Å²) in [4.78, 5) is 30.9. The first-order valence-corrected chi connectivity index (χ1v) is 13.0. The van der Waals surface area contributed by atoms with E-state index in [-0.39, 0.29) is 5.91 Å². The Labute approximate surface area is 200 Å². The molecule has 2 aromatic heterocycles. The third-order valence-electron chi connectivity index (χ3n) is 8.01. The molecule has 34 heavy (non-hydrogen) atoms. The Morgan fingerprint density at radius 2 is 1.79 bits per heavy atom. The Kier molecular flexibility index (Phi) is 6.22. The predicted octanol–water partition coefficient (Wildman–Crippen LogP) is 2.54. The minimum absolute atomic E-state index is 0.0428. The highest BCUT2D eigenvalue weighted by molar-refractivity contribution is 5.93. The van der Waals surface area contributed by atoms with Crippen molar-refractivity contribution in [3.05, 3.63) is 29.6 Å². The minimum Gasteiger partial charge on any atom is -0.381 e. The van der Waals surface area contributed by atoms with E-state index < -0.39 is 0 Å². The van der Waals surface area contributed by atoms with Crippen molar-refractivity contribution in [1.29, 1.82) is 0 Å². The molecule has 9 nitrogen and oxygen atoms in total. The predicted molar refractivity (Wildman–Crippen MR) is 129 cm³/mol. The molecule has 0 aromatic carbocycles. The monoisotopic (exact) mass is 465 g/mol. The van der Waals surface area contributed by atoms with Gasteiger partial charge in [-0.2, -0.15) is 0 Å². The number of hydrogen-bond donors (Lipinski definition) is 1. The van der Waals surface area contributed by atoms with Gasteiger partial charge in [0.15, 0.2) is 0 Å². The van der Waals surface area contributed by atoms with Gasteiger partial charge in [0.25, 0.3) is 0 Å². The van der Waals surface area contributed by atoms with Gasteiger partial charge in [-0.15, -0.1) is 0 Å². The molecule has 9 heteroatoms. The number of aromatic nitrogens is 4. The van der Waals surface area contributed by atoms with E-state index in [4.69, 9.17) is 9.72 Å². The molecule has 4 aliphatic rings. The highest BCUT2D eigenvalue weighted by Gasteiger charge is 2.30. The summed E-state index contributed by atoms with van der Waals surface area (Å²) >= 11 is 0. The zero-order valence-corrected chi connectivity index (χ0v) is 19.9. The molecule has 0 saturated carbocycles. The smallest absolute Gasteiger partial charge is 0.225 e. The van der Waals surface area contributed by atoms with Crippen LogP contribution in [0.2, 0.25) is 0 Å². The molecule has 0 spiro atoms. The maximum absolute atomic E-state index is 11.8. The molecule has 0 atom stereocenters. The van der Waals surface area contributed by atoms with Gasteiger partial charge < -0.3 is 24.4 Å². The zero-order chi connectivity index (χ0) is 22.9. The van der Waals surface area contributed by atoms with Crippen LogP contribution in [0.3, 0.4) is 0 Å². The van der Waals surface area contributed by atoms with E-state index >= 15 is 0 Å². The third kappa shape index (κ3) is 4.43. The number of hydrogen-bond acceptors (Lipinski definition) is 7. The topological polar surface area (TPSA) is 88.4 Å². The lowest BCUT2D eigenvalue weighted by Gasteiger charge is -2.35. The Hall–Kier alpha value is -2.52. The van der Waals surface area contributed by atoms with Gasteiger partial charge in [0.1, 0.15) is 23.8 Å². The summed E-state index contributed by atoms with van der Waals surface area (Å²) in [5.74, 6) is 4.00. The maximum atomic E-state index is 11.8. The third-order valence-corrected chi connectivity index (χ3v) is 8.01. The number of imidazole rings is 1. The molecule has 6 heterocycles. The first kappa shape index (κ1) is 22.0. The van der Waals surface area contributed by atoms with E-state index in [0.717, 1.165) is 76.5 Å². The lowest BCUT2D eigenvalue weighted by Crippen LogP contribution is -2.39. The van der Waals surface area contributed by atoms with Gasteiger partial charge in [-0.25, -0.2) is 15.0 Å². The Morgan fingerprint density at radius 1 is 0.971 bits per heavy atom. The van der Waals surface area contributed by atoms with Gasteiger partial charge in [-0.05, 0) is 51.6 Å². The molecule has 3 fully saturated rings. The molecule has 1 N–H and O–H groups in total. The fourth-order valence-corrected chi connectivity index (χ4v) is 5.80. The number of ether oxygens (including phenoxy) is 1. The summed E-state index contributed by atoms with van der Waals surface area (Å²) in [7, 11) is 0. The van der Waals surface area contributed by atoms with E-state index in [1.807, 2.05) is 0 Å². The van der Waals surface area contributed by atoms with Crippen LogP contribution in [0.15, 0.2) is 12.5 Å². The Morgan fingerprint density at radius 3 is 2.56 bits per heavy atom. The van der Waals surface area contributed by atoms with Crippen molar-refractivity contribution in [1.82, 2.24) is 24.4 Å². The van der Waals surface area contributed by atoms with Crippen molar-refractivity contribution in [2.45, 2.75) is 63.3 Å². The standard InChI is InChI=1S/C25H35N7O2/c33-22-3-2-20-23(29-22)26-17-27-25(20)31-10-4-19(5-11-31)24-28-21(18-6-14-34-15-7-18)16-32(24)13-12-30-8-1-9-30/h16-19H,1-15H2,(H,26,27,29,33). The summed E-state index contributed by atoms with van der Waals surface area (Å²) in [6, 6.07) is 0. The summed E-state index contributed by atoms with van der Waals surface area (Å²) in [6.07, 6.45) is 10.8. The number of piperidine rings is 1. The van der Waals surface area contributed by atoms with E-state index in [1.165, 1.54) is 31.0 Å². The van der Waals surface area contributed by atoms with Crippen LogP contribution in [0, 0.1) is 0 Å². The van der Waals surface area contributed by atoms with Crippen LogP contribution in [0.1, 0.15) is 67.4 Å². The second-order valence-electron chi connectivity index (χ2n) is 10.1. The average molecular weight is 466 g/mol. The van der Waals surface area contributed by atoms with Gasteiger partial charge in [0, 0.05) is 69.4 Å². The molecule has 3 saturated heterocycles. The SMILES string of the molecule is O=C1CCc2c(ncnc2N2CCC(c3nc(C4CCOCC4)cn3CCN3CCC3)CC2)N1. The largest absolute Gasteiger partial charge is 0.381 e. The number of nitrogens with one attached hydrogen (secondary N) is 1. The number of fused-ring (bicyclic) bond motifs is 1. The van der Waals surface area contributed by atoms with Gasteiger partial charge in [-0.1, -0.05) is 0 Å². The fourth-order valence-electron chi connectivity index (χ4n) is 5.80. The molecule has 0 bridgehead atoms. The lowest BCUT2D eigenvalue weighted by molar-refractivity contribution is -0.116. The van der Waals surface area contributed by atoms with Crippen LogP contribution in [0.4, 0.5) is 11.6 Å². The molecule has 4 aliphatic heterocycles. The molecule has 0 aliphatic carbocycles. The second kappa shape index (κ2) is 9.62. The first-order chi connectivity index (χ1) is 16.7. The van der Waals surface area contributed by atoms with Gasteiger partial charge in [0.2, 0.25) is 5.91 Å². The van der Waals surface area contributed by atoms with E-state index in [2.05, 4.69) is 35.8 Å². The molecule has 182 valence electrons. The number of carbonyl (C=O) groups is 1. The highest BCUT2D eigenvalue weighted by atomic mass is 16.5. The highest BCUT2D eigenvalue weighted by Crippen LogP contribution is 2.35. The van der Waals surface area contributed by atoms with Crippen molar-refractivity contribution in [2.24, 2.45) is 0 Å². The molecular formula is C25H35N7O2. The number of amides is 1. The van der Waals surface area contributed by atoms with Gasteiger partial charge in [0.05, 0.1) is 5.69 Å². The second-order valence-corrected chi connectivity index (χ2v) is 10.1. The Bertz CT molecular complexity index is 1020. The van der Waals surface area contributed by atoms with Crippen LogP contribution in [-0.2, 0) is 22.5 Å². The zero-order valence-electron chi connectivity index (χ0n) is 19.9. The fraction of sp³-hybridized carbons (Fsp3) is 0.680. The summed E-state index contributed by atoms with van der Waals surface area (Å²) in [5.41, 5.74) is 2.35. The number of rotatable bonds is 6. The molecule has 6 rings (SSSR count). The van der Waals surface area contributed by atoms with Crippen molar-refractivity contribution in [2.75, 3.05) is 56.2 Å². The summed E-state index contributed by atoms with van der Waals surface area (Å²) < 4.78 is 8.06. The van der Waals surface area contributed by atoms with E-state index in [9.17, 15) is 4.79 Å². The van der Waals surface area contributed by atoms with Crippen molar-refractivity contribution in [3.8, 4) is 0 Å². The van der Waals surface area contributed by atoms with Crippen molar-refractivity contribution in [3.63, 3.8) is 0 Å². The maximum Gasteiger partial charge on any atom is 0.225 e. The molecule has 1 amide bonds. The quantitative estimate of drug-likeness (QED) is 0.701. The molecule has 0 radical (unpaired) electrons. The number of nitrogens with zero attached hydrogens (tertiary/aromatic N) is 6. The van der Waals surface area contributed by atoms with Crippen LogP contribution in [-0.4, -0.2) is 76.3 Å². The minimum atomic E-state index is 0.0428. The summed E-state index contributed by atoms with van der Waals surface area (Å²) in [6.45, 7) is 8.23. The van der Waals surface area contributed by atoms with Crippen LogP contribution in [0.25, 0.3) is 0 Å². The number of carbonyl (C=O) groups excluding carboxylic acids is 1. The molecular weight excluding hydrogens is 430 g/mol. The van der Waals surface area contributed by atoms with Crippen LogP contribution < -0.4 is 10.2 Å². The number of likely N-dealkylation sites (tertiary alicyclic amines) is 1. The average Bonchev–Trinajstić information content (AvgIpc) is 3.27. The van der Waals surface area contributed by atoms with Crippen molar-refractivity contribution >= 4 is 17.5 Å². The number of anilines is 2. The van der Waals surface area contributed by atoms with Crippen LogP contribution >= 0.6 is 0 Å². The van der Waals surface area contributed by atoms with Crippen molar-refractivity contribution < 1.29 is 9.53 Å². The molecule has 0 unspecified atom stereocenters. The lowest BCUT2D eigenvalue weighted by atomic mass is 9.94. The van der Waals surface area contributed by atoms with Gasteiger partial charge in [-0.3, -0.25) is 4.79 Å². The van der Waals surface area contributed by atoms with E-state index in [1.54, 1.807) is 6.33 Å². The Balaban J connectivity index is 1.18. The van der Waals surface area contributed by atoms with Gasteiger partial charge >= 0.3 is 0 Å². The molecule has 2 aromatic rings. The first-order valence-electron chi connectivity index (χ1n) is 13.0. The van der Waals surface area contributed by atoms with E-state index in [0.29, 0.717) is 30.5 Å². The summed E-state index contributed by atoms with van der Waals surface area (Å²) in [5, 5.41) is 2.91. The van der Waals surface area contributed by atoms with Crippen LogP contribution in [0.5, 0.6) is 0 Å².